The third-order valence-electron chi connectivity index (χ3n) is 5.51. The topological polar surface area (TPSA) is 35.6 Å². The van der Waals surface area contributed by atoms with Crippen molar-refractivity contribution >= 4 is 21.8 Å². The molecule has 4 nitrogen and oxygen atoms in total. The molecule has 0 saturated heterocycles. The van der Waals surface area contributed by atoms with E-state index < -0.39 is 0 Å². The predicted molar refractivity (Wildman–Crippen MR) is 121 cm³/mol. The monoisotopic (exact) mass is 386 g/mol. The maximum absolute atomic E-state index is 4.54. The molecule has 4 aromatic carbocycles. The highest BCUT2D eigenvalue weighted by Crippen LogP contribution is 2.25. The van der Waals surface area contributed by atoms with Gasteiger partial charge in [-0.2, -0.15) is 10.2 Å². The number of fused-ring (bicyclic) bond motifs is 2. The number of benzene rings is 4. The van der Waals surface area contributed by atoms with Crippen molar-refractivity contribution in [2.45, 2.75) is 0 Å². The van der Waals surface area contributed by atoms with Gasteiger partial charge in [0.15, 0.2) is 0 Å². The van der Waals surface area contributed by atoms with Crippen LogP contribution in [0.15, 0.2) is 109 Å². The molecule has 0 bridgehead atoms. The van der Waals surface area contributed by atoms with Crippen LogP contribution in [0.5, 0.6) is 0 Å². The number of rotatable bonds is 3. The van der Waals surface area contributed by atoms with E-state index in [1.54, 1.807) is 0 Å². The molecule has 4 heteroatoms. The normalized spacial score (nSPS) is 11.3. The number of nitrogens with zero attached hydrogens (tertiary/aromatic N) is 4. The predicted octanol–water partition coefficient (Wildman–Crippen LogP) is 6.03. The molecule has 0 saturated carbocycles. The fraction of sp³-hybridized carbons (Fsp3) is 0. The van der Waals surface area contributed by atoms with Gasteiger partial charge in [0.25, 0.3) is 0 Å². The zero-order chi connectivity index (χ0) is 19.9. The molecule has 2 aromatic heterocycles. The van der Waals surface area contributed by atoms with Crippen LogP contribution in [0.1, 0.15) is 0 Å². The Kier molecular flexibility index (Phi) is 3.74. The summed E-state index contributed by atoms with van der Waals surface area (Å²) in [5.41, 5.74) is 6.68. The molecular formula is C26H18N4. The first-order valence-corrected chi connectivity index (χ1v) is 9.94. The molecule has 0 fully saturated rings. The maximum Gasteiger partial charge on any atom is 0.0741 e. The highest BCUT2D eigenvalue weighted by molar-refractivity contribution is 5.81. The van der Waals surface area contributed by atoms with Gasteiger partial charge in [0.05, 0.1) is 34.8 Å². The van der Waals surface area contributed by atoms with Gasteiger partial charge in [0.1, 0.15) is 0 Å². The van der Waals surface area contributed by atoms with E-state index in [9.17, 15) is 0 Å². The van der Waals surface area contributed by atoms with Gasteiger partial charge >= 0.3 is 0 Å². The molecule has 0 aliphatic carbocycles. The van der Waals surface area contributed by atoms with E-state index in [0.29, 0.717) is 0 Å². The van der Waals surface area contributed by atoms with Crippen LogP contribution in [-0.4, -0.2) is 19.6 Å². The first-order chi connectivity index (χ1) is 14.9. The lowest BCUT2D eigenvalue weighted by molar-refractivity contribution is 0.910. The van der Waals surface area contributed by atoms with E-state index in [1.165, 1.54) is 11.1 Å². The van der Waals surface area contributed by atoms with Gasteiger partial charge in [-0.25, -0.2) is 9.36 Å². The number of hydrogen-bond acceptors (Lipinski definition) is 2. The summed E-state index contributed by atoms with van der Waals surface area (Å²) >= 11 is 0. The van der Waals surface area contributed by atoms with Gasteiger partial charge in [-0.15, -0.1) is 0 Å². The Bertz CT molecular complexity index is 1360. The number of hydrogen-bond donors (Lipinski definition) is 0. The molecule has 0 N–H and O–H groups in total. The second kappa shape index (κ2) is 6.71. The summed E-state index contributed by atoms with van der Waals surface area (Å²) in [5, 5.41) is 11.4. The Hall–Kier alpha value is -4.18. The van der Waals surface area contributed by atoms with Gasteiger partial charge in [0.2, 0.25) is 0 Å². The molecule has 30 heavy (non-hydrogen) atoms. The summed E-state index contributed by atoms with van der Waals surface area (Å²) < 4.78 is 3.95. The van der Waals surface area contributed by atoms with Crippen LogP contribution in [0.25, 0.3) is 44.3 Å². The average Bonchev–Trinajstić information content (AvgIpc) is 3.44. The van der Waals surface area contributed by atoms with Crippen molar-refractivity contribution in [2.75, 3.05) is 0 Å². The SMILES string of the molecule is c1ccc2c(c1)cnn2-c1ccc(-c2ccc(-n3ncc4ccccc43)cc2)cc1. The Morgan fingerprint density at radius 3 is 1.27 bits per heavy atom. The van der Waals surface area contributed by atoms with E-state index >= 15 is 0 Å². The lowest BCUT2D eigenvalue weighted by atomic mass is 10.0. The molecule has 0 radical (unpaired) electrons. The fourth-order valence-electron chi connectivity index (χ4n) is 3.95. The van der Waals surface area contributed by atoms with Gasteiger partial charge < -0.3 is 0 Å². The minimum absolute atomic E-state index is 1.06. The molecule has 0 atom stereocenters. The lowest BCUT2D eigenvalue weighted by Crippen LogP contribution is -1.96. The third-order valence-corrected chi connectivity index (χ3v) is 5.51. The van der Waals surface area contributed by atoms with E-state index in [2.05, 4.69) is 83.0 Å². The number of aromatic nitrogens is 4. The summed E-state index contributed by atoms with van der Waals surface area (Å²) in [7, 11) is 0. The Balaban J connectivity index is 1.32. The summed E-state index contributed by atoms with van der Waals surface area (Å²) in [6.45, 7) is 0. The first-order valence-electron chi connectivity index (χ1n) is 9.94. The molecule has 2 heterocycles. The van der Waals surface area contributed by atoms with Gasteiger partial charge in [0, 0.05) is 10.8 Å². The highest BCUT2D eigenvalue weighted by atomic mass is 15.3. The summed E-state index contributed by atoms with van der Waals surface area (Å²) in [6.07, 6.45) is 3.81. The van der Waals surface area contributed by atoms with Crippen LogP contribution in [-0.2, 0) is 0 Å². The largest absolute Gasteiger partial charge is 0.233 e. The van der Waals surface area contributed by atoms with E-state index in [0.717, 1.165) is 33.2 Å². The van der Waals surface area contributed by atoms with Crippen LogP contribution in [0.4, 0.5) is 0 Å². The van der Waals surface area contributed by atoms with Crippen molar-refractivity contribution in [3.63, 3.8) is 0 Å². The van der Waals surface area contributed by atoms with Gasteiger partial charge in [-0.05, 0) is 47.5 Å². The van der Waals surface area contributed by atoms with E-state index in [4.69, 9.17) is 0 Å². The fourth-order valence-corrected chi connectivity index (χ4v) is 3.95. The van der Waals surface area contributed by atoms with Crippen LogP contribution >= 0.6 is 0 Å². The molecule has 0 aliphatic heterocycles. The second-order valence-corrected chi connectivity index (χ2v) is 7.32. The Morgan fingerprint density at radius 2 is 0.833 bits per heavy atom. The third kappa shape index (κ3) is 2.70. The van der Waals surface area contributed by atoms with Gasteiger partial charge in [-0.1, -0.05) is 60.7 Å². The lowest BCUT2D eigenvalue weighted by Gasteiger charge is -2.08. The molecule has 0 spiro atoms. The molecule has 142 valence electrons. The zero-order valence-electron chi connectivity index (χ0n) is 16.2. The molecule has 0 unspecified atom stereocenters. The zero-order valence-corrected chi connectivity index (χ0v) is 16.2. The van der Waals surface area contributed by atoms with Crippen LogP contribution in [0, 0.1) is 0 Å². The van der Waals surface area contributed by atoms with Crippen LogP contribution in [0.2, 0.25) is 0 Å². The summed E-state index contributed by atoms with van der Waals surface area (Å²) in [6, 6.07) is 33.5. The Labute approximate surface area is 173 Å². The van der Waals surface area contributed by atoms with E-state index in [-0.39, 0.29) is 0 Å². The van der Waals surface area contributed by atoms with Crippen molar-refractivity contribution in [3.05, 3.63) is 109 Å². The molecule has 6 rings (SSSR count). The van der Waals surface area contributed by atoms with Crippen LogP contribution in [0.3, 0.4) is 0 Å². The second-order valence-electron chi connectivity index (χ2n) is 7.32. The molecule has 0 amide bonds. The van der Waals surface area contributed by atoms with Crippen molar-refractivity contribution in [3.8, 4) is 22.5 Å². The molecule has 0 aliphatic rings. The summed E-state index contributed by atoms with van der Waals surface area (Å²) in [4.78, 5) is 0. The van der Waals surface area contributed by atoms with Crippen molar-refractivity contribution < 1.29 is 0 Å². The summed E-state index contributed by atoms with van der Waals surface area (Å²) in [5.74, 6) is 0. The quantitative estimate of drug-likeness (QED) is 0.372. The number of para-hydroxylation sites is 2. The van der Waals surface area contributed by atoms with Crippen molar-refractivity contribution in [2.24, 2.45) is 0 Å². The molecular weight excluding hydrogens is 368 g/mol. The highest BCUT2D eigenvalue weighted by Gasteiger charge is 2.07. The first kappa shape index (κ1) is 16.7. The van der Waals surface area contributed by atoms with Crippen molar-refractivity contribution in [1.82, 2.24) is 19.6 Å². The maximum atomic E-state index is 4.54. The van der Waals surface area contributed by atoms with E-state index in [1.807, 2.05) is 46.0 Å². The standard InChI is InChI=1S/C26H18N4/c1-3-7-25-21(5-1)17-27-29(25)23-13-9-19(10-14-23)20-11-15-24(16-12-20)30-26-8-4-2-6-22(26)18-28-30/h1-18H. The smallest absolute Gasteiger partial charge is 0.0741 e. The van der Waals surface area contributed by atoms with Crippen LogP contribution < -0.4 is 0 Å². The molecule has 6 aromatic rings. The average molecular weight is 386 g/mol. The van der Waals surface area contributed by atoms with Gasteiger partial charge in [-0.3, -0.25) is 0 Å². The minimum Gasteiger partial charge on any atom is -0.233 e. The minimum atomic E-state index is 1.06. The van der Waals surface area contributed by atoms with Crippen molar-refractivity contribution in [1.29, 1.82) is 0 Å². The Morgan fingerprint density at radius 1 is 0.433 bits per heavy atom.